The first-order valence-corrected chi connectivity index (χ1v) is 5.15. The molecular weight excluding hydrogens is 194 g/mol. The van der Waals surface area contributed by atoms with Crippen LogP contribution in [0.25, 0.3) is 0 Å². The van der Waals surface area contributed by atoms with Gasteiger partial charge in [0.05, 0.1) is 0 Å². The van der Waals surface area contributed by atoms with E-state index in [-0.39, 0.29) is 17.7 Å². The van der Waals surface area contributed by atoms with Gasteiger partial charge in [-0.25, -0.2) is 0 Å². The van der Waals surface area contributed by atoms with Gasteiger partial charge in [0.2, 0.25) is 5.91 Å². The Morgan fingerprint density at radius 3 is 2.27 bits per heavy atom. The van der Waals surface area contributed by atoms with Crippen molar-refractivity contribution < 1.29 is 10.0 Å². The Balaban J connectivity index is 4.44. The molecule has 1 unspecified atom stereocenters. The van der Waals surface area contributed by atoms with Gasteiger partial charge in [-0.3, -0.25) is 4.79 Å². The molecule has 0 fully saturated rings. The number of amides is 1. The van der Waals surface area contributed by atoms with E-state index in [1.165, 1.54) is 0 Å². The number of oxime groups is 1. The van der Waals surface area contributed by atoms with Crippen LogP contribution in [0.2, 0.25) is 0 Å². The lowest BCUT2D eigenvalue weighted by molar-refractivity contribution is -0.124. The minimum absolute atomic E-state index is 0.00747. The van der Waals surface area contributed by atoms with Crippen LogP contribution < -0.4 is 11.1 Å². The molecule has 5 nitrogen and oxygen atoms in total. The number of nitrogens with zero attached hydrogens (tertiary/aromatic N) is 1. The Labute approximate surface area is 90.7 Å². The number of carbonyl (C=O) groups excluding carboxylic acids is 1. The number of hydrogen-bond acceptors (Lipinski definition) is 3. The maximum absolute atomic E-state index is 11.7. The fourth-order valence-electron chi connectivity index (χ4n) is 1.26. The second kappa shape index (κ2) is 6.27. The third-order valence-electron chi connectivity index (χ3n) is 2.07. The van der Waals surface area contributed by atoms with E-state index in [2.05, 4.69) is 10.5 Å². The highest BCUT2D eigenvalue weighted by molar-refractivity contribution is 6.02. The summed E-state index contributed by atoms with van der Waals surface area (Å²) in [4.78, 5) is 11.7. The first kappa shape index (κ1) is 13.7. The molecule has 0 aliphatic carbocycles. The van der Waals surface area contributed by atoms with Crippen LogP contribution in [-0.4, -0.2) is 23.5 Å². The van der Waals surface area contributed by atoms with Gasteiger partial charge in [0.1, 0.15) is 5.92 Å². The van der Waals surface area contributed by atoms with Gasteiger partial charge in [0.25, 0.3) is 0 Å². The largest absolute Gasteiger partial charge is 0.409 e. The fraction of sp³-hybridized carbons (Fsp3) is 0.800. The molecule has 5 heteroatoms. The van der Waals surface area contributed by atoms with E-state index in [0.717, 1.165) is 0 Å². The summed E-state index contributed by atoms with van der Waals surface area (Å²) in [6.07, 6.45) is 0. The van der Waals surface area contributed by atoms with Crippen LogP contribution in [0.4, 0.5) is 0 Å². The highest BCUT2D eigenvalue weighted by atomic mass is 16.4. The molecule has 0 aliphatic rings. The second-order valence-electron chi connectivity index (χ2n) is 4.39. The molecule has 1 atom stereocenters. The first-order chi connectivity index (χ1) is 6.90. The van der Waals surface area contributed by atoms with Gasteiger partial charge in [-0.05, 0) is 11.8 Å². The maximum Gasteiger partial charge on any atom is 0.231 e. The molecule has 15 heavy (non-hydrogen) atoms. The molecule has 0 saturated heterocycles. The SMILES string of the molecule is CC(C)CNC(=O)C(C(N)=NO)C(C)C. The van der Waals surface area contributed by atoms with Gasteiger partial charge in [-0.15, -0.1) is 0 Å². The van der Waals surface area contributed by atoms with Crippen molar-refractivity contribution in [1.29, 1.82) is 0 Å². The lowest BCUT2D eigenvalue weighted by atomic mass is 9.93. The lowest BCUT2D eigenvalue weighted by Crippen LogP contribution is -2.42. The van der Waals surface area contributed by atoms with Gasteiger partial charge in [0, 0.05) is 6.54 Å². The first-order valence-electron chi connectivity index (χ1n) is 5.15. The molecule has 0 rings (SSSR count). The molecule has 4 N–H and O–H groups in total. The molecule has 0 spiro atoms. The van der Waals surface area contributed by atoms with Gasteiger partial charge >= 0.3 is 0 Å². The Bertz CT molecular complexity index is 237. The molecule has 0 aromatic heterocycles. The number of carbonyl (C=O) groups is 1. The minimum Gasteiger partial charge on any atom is -0.409 e. The number of nitrogens with two attached hydrogens (primary N) is 1. The molecule has 88 valence electrons. The summed E-state index contributed by atoms with van der Waals surface area (Å²) in [7, 11) is 0. The van der Waals surface area contributed by atoms with Crippen LogP contribution in [0.1, 0.15) is 27.7 Å². The van der Waals surface area contributed by atoms with Gasteiger partial charge in [-0.2, -0.15) is 0 Å². The zero-order valence-corrected chi connectivity index (χ0v) is 9.82. The maximum atomic E-state index is 11.7. The van der Waals surface area contributed by atoms with E-state index in [4.69, 9.17) is 10.9 Å². The predicted octanol–water partition coefficient (Wildman–Crippen LogP) is 0.777. The van der Waals surface area contributed by atoms with Crippen LogP contribution in [0.5, 0.6) is 0 Å². The zero-order valence-electron chi connectivity index (χ0n) is 9.82. The topological polar surface area (TPSA) is 87.7 Å². The van der Waals surface area contributed by atoms with Crippen molar-refractivity contribution in [2.24, 2.45) is 28.6 Å². The third kappa shape index (κ3) is 4.67. The molecule has 1 amide bonds. The van der Waals surface area contributed by atoms with Crippen molar-refractivity contribution >= 4 is 11.7 Å². The molecule has 0 aromatic rings. The van der Waals surface area contributed by atoms with Crippen LogP contribution in [0.3, 0.4) is 0 Å². The summed E-state index contributed by atoms with van der Waals surface area (Å²) in [6, 6.07) is 0. The lowest BCUT2D eigenvalue weighted by Gasteiger charge is -2.19. The molecule has 0 saturated carbocycles. The average molecular weight is 215 g/mol. The number of nitrogens with one attached hydrogen (secondary N) is 1. The predicted molar refractivity (Wildman–Crippen MR) is 59.6 cm³/mol. The molecule has 0 radical (unpaired) electrons. The summed E-state index contributed by atoms with van der Waals surface area (Å²) in [5, 5.41) is 14.2. The van der Waals surface area contributed by atoms with E-state index in [9.17, 15) is 4.79 Å². The van der Waals surface area contributed by atoms with E-state index in [1.807, 2.05) is 27.7 Å². The Morgan fingerprint density at radius 1 is 1.40 bits per heavy atom. The Hall–Kier alpha value is -1.26. The summed E-state index contributed by atoms with van der Waals surface area (Å²) >= 11 is 0. The quantitative estimate of drug-likeness (QED) is 0.274. The van der Waals surface area contributed by atoms with Gasteiger partial charge < -0.3 is 16.3 Å². The van der Waals surface area contributed by atoms with E-state index >= 15 is 0 Å². The number of hydrogen-bond donors (Lipinski definition) is 3. The zero-order chi connectivity index (χ0) is 12.0. The fourth-order valence-corrected chi connectivity index (χ4v) is 1.26. The van der Waals surface area contributed by atoms with E-state index in [0.29, 0.717) is 12.5 Å². The van der Waals surface area contributed by atoms with Crippen molar-refractivity contribution in [2.75, 3.05) is 6.54 Å². The van der Waals surface area contributed by atoms with Crippen molar-refractivity contribution in [3.63, 3.8) is 0 Å². The Morgan fingerprint density at radius 2 is 1.93 bits per heavy atom. The number of amidine groups is 1. The van der Waals surface area contributed by atoms with Crippen molar-refractivity contribution in [3.05, 3.63) is 0 Å². The monoisotopic (exact) mass is 215 g/mol. The van der Waals surface area contributed by atoms with Crippen LogP contribution in [-0.2, 0) is 4.79 Å². The van der Waals surface area contributed by atoms with Crippen molar-refractivity contribution in [1.82, 2.24) is 5.32 Å². The summed E-state index contributed by atoms with van der Waals surface area (Å²) in [5.74, 6) is -0.392. The normalized spacial score (nSPS) is 14.4. The van der Waals surface area contributed by atoms with Crippen LogP contribution in [0.15, 0.2) is 5.16 Å². The molecule has 0 aliphatic heterocycles. The Kier molecular flexibility index (Phi) is 5.74. The molecule has 0 bridgehead atoms. The van der Waals surface area contributed by atoms with Gasteiger partial charge in [0.15, 0.2) is 5.84 Å². The number of rotatable bonds is 5. The van der Waals surface area contributed by atoms with Gasteiger partial charge in [-0.1, -0.05) is 32.9 Å². The summed E-state index contributed by atoms with van der Waals surface area (Å²) in [6.45, 7) is 8.33. The summed E-state index contributed by atoms with van der Waals surface area (Å²) < 4.78 is 0. The molecular formula is C10H21N3O2. The smallest absolute Gasteiger partial charge is 0.231 e. The van der Waals surface area contributed by atoms with Crippen molar-refractivity contribution in [2.45, 2.75) is 27.7 Å². The third-order valence-corrected chi connectivity index (χ3v) is 2.07. The average Bonchev–Trinajstić information content (AvgIpc) is 2.14. The molecule has 0 aromatic carbocycles. The standard InChI is InChI=1S/C10H21N3O2/c1-6(2)5-12-10(14)8(7(3)4)9(11)13-15/h6-8,15H,5H2,1-4H3,(H2,11,13)(H,12,14). The van der Waals surface area contributed by atoms with Crippen LogP contribution in [0, 0.1) is 17.8 Å². The summed E-state index contributed by atoms with van der Waals surface area (Å²) in [5.41, 5.74) is 5.46. The molecule has 0 heterocycles. The second-order valence-corrected chi connectivity index (χ2v) is 4.39. The van der Waals surface area contributed by atoms with Crippen molar-refractivity contribution in [3.8, 4) is 0 Å². The van der Waals surface area contributed by atoms with E-state index < -0.39 is 5.92 Å². The highest BCUT2D eigenvalue weighted by Crippen LogP contribution is 2.11. The highest BCUT2D eigenvalue weighted by Gasteiger charge is 2.26. The van der Waals surface area contributed by atoms with E-state index in [1.54, 1.807) is 0 Å². The van der Waals surface area contributed by atoms with Crippen LogP contribution >= 0.6 is 0 Å². The minimum atomic E-state index is -0.561.